The highest BCUT2D eigenvalue weighted by Crippen LogP contribution is 2.40. The summed E-state index contributed by atoms with van der Waals surface area (Å²) in [5.41, 5.74) is -0.412. The molecule has 0 aromatic heterocycles. The van der Waals surface area contributed by atoms with Crippen molar-refractivity contribution in [1.29, 1.82) is 0 Å². The number of urea groups is 1. The minimum atomic E-state index is -1.35. The highest BCUT2D eigenvalue weighted by atomic mass is 32.2. The van der Waals surface area contributed by atoms with Gasteiger partial charge in [-0.1, -0.05) is 24.3 Å². The predicted octanol–water partition coefficient (Wildman–Crippen LogP) is 2.64. The minimum absolute atomic E-state index is 0.393. The number of fused-ring (bicyclic) bond motifs is 1. The lowest BCUT2D eigenvalue weighted by Gasteiger charge is -2.27. The number of nitrogens with one attached hydrogen (secondary N) is 1. The fraction of sp³-hybridized carbons (Fsp3) is 0.348. The topological polar surface area (TPSA) is 88.2 Å². The summed E-state index contributed by atoms with van der Waals surface area (Å²) in [5.74, 6) is 0.368. The van der Waals surface area contributed by atoms with Crippen LogP contribution in [0.25, 0.3) is 0 Å². The summed E-state index contributed by atoms with van der Waals surface area (Å²) < 4.78 is 25.4. The van der Waals surface area contributed by atoms with Crippen molar-refractivity contribution in [3.05, 3.63) is 59.4 Å². The molecule has 1 N–H and O–H groups in total. The molecule has 10 heteroatoms. The molecule has 5 rings (SSSR count). The monoisotopic (exact) mass is 471 g/mol. The maximum Gasteiger partial charge on any atom is 0.325 e. The van der Waals surface area contributed by atoms with Crippen molar-refractivity contribution in [2.45, 2.75) is 17.8 Å². The molecule has 2 saturated heterocycles. The first kappa shape index (κ1) is 21.6. The first-order chi connectivity index (χ1) is 15.9. The molecular weight excluding hydrogens is 449 g/mol. The second-order valence-corrected chi connectivity index (χ2v) is 9.32. The van der Waals surface area contributed by atoms with E-state index < -0.39 is 41.1 Å². The third-order valence-electron chi connectivity index (χ3n) is 6.07. The Balaban J connectivity index is 1.35. The number of carbonyl (C=O) groups excluding carboxylic acids is 3. The van der Waals surface area contributed by atoms with Crippen molar-refractivity contribution >= 4 is 29.6 Å². The molecule has 8 nitrogen and oxygen atoms in total. The number of thioether (sulfide) groups is 1. The Kier molecular flexibility index (Phi) is 5.40. The van der Waals surface area contributed by atoms with E-state index in [2.05, 4.69) is 5.32 Å². The van der Waals surface area contributed by atoms with Gasteiger partial charge in [-0.15, -0.1) is 11.8 Å². The largest absolute Gasteiger partial charge is 0.486 e. The maximum atomic E-state index is 14.3. The number of amides is 4. The first-order valence-electron chi connectivity index (χ1n) is 10.6. The molecule has 3 aliphatic heterocycles. The number of imide groups is 1. The van der Waals surface area contributed by atoms with E-state index in [1.807, 2.05) is 0 Å². The number of hydrogen-bond acceptors (Lipinski definition) is 6. The van der Waals surface area contributed by atoms with Crippen LogP contribution in [-0.2, 0) is 15.1 Å². The third-order valence-corrected chi connectivity index (χ3v) is 7.31. The average Bonchev–Trinajstić information content (AvgIpc) is 3.39. The van der Waals surface area contributed by atoms with E-state index >= 15 is 0 Å². The molecule has 2 atom stereocenters. The Morgan fingerprint density at radius 1 is 1.18 bits per heavy atom. The lowest BCUT2D eigenvalue weighted by molar-refractivity contribution is -0.139. The van der Waals surface area contributed by atoms with Gasteiger partial charge in [-0.05, 0) is 30.7 Å². The Labute approximate surface area is 194 Å². The number of halogens is 1. The first-order valence-corrected chi connectivity index (χ1v) is 11.6. The van der Waals surface area contributed by atoms with Crippen LogP contribution in [0.2, 0.25) is 0 Å². The number of benzene rings is 2. The standard InChI is InChI=1S/C23H22FN3O5S/c1-23(14-6-7-17-18(12-14)32-10-9-31-17)21(29)27(22(30)25-23)13-19(28)26-8-11-33-20(26)15-4-2-3-5-16(15)24/h2-7,12,20H,8-11,13H2,1H3,(H,25,30). The SMILES string of the molecule is CC1(c2ccc3c(c2)OCCO3)NC(=O)N(CC(=O)N2CCSC2c2ccccc2F)C1=O. The molecule has 4 amide bonds. The van der Waals surface area contributed by atoms with Gasteiger partial charge >= 0.3 is 6.03 Å². The van der Waals surface area contributed by atoms with E-state index in [0.717, 1.165) is 4.90 Å². The predicted molar refractivity (Wildman–Crippen MR) is 118 cm³/mol. The molecule has 0 bridgehead atoms. The molecule has 0 radical (unpaired) electrons. The Morgan fingerprint density at radius 2 is 1.94 bits per heavy atom. The van der Waals surface area contributed by atoms with Gasteiger partial charge < -0.3 is 19.7 Å². The summed E-state index contributed by atoms with van der Waals surface area (Å²) in [7, 11) is 0. The molecule has 0 aliphatic carbocycles. The molecule has 172 valence electrons. The van der Waals surface area contributed by atoms with Gasteiger partial charge in [-0.3, -0.25) is 14.5 Å². The van der Waals surface area contributed by atoms with Gasteiger partial charge in [0.15, 0.2) is 11.5 Å². The molecular formula is C23H22FN3O5S. The smallest absolute Gasteiger partial charge is 0.325 e. The van der Waals surface area contributed by atoms with Crippen LogP contribution < -0.4 is 14.8 Å². The van der Waals surface area contributed by atoms with Gasteiger partial charge in [0, 0.05) is 17.9 Å². The summed E-state index contributed by atoms with van der Waals surface area (Å²) in [6, 6.07) is 10.7. The zero-order chi connectivity index (χ0) is 23.2. The Bertz CT molecular complexity index is 1140. The number of nitrogens with zero attached hydrogens (tertiary/aromatic N) is 2. The van der Waals surface area contributed by atoms with Crippen molar-refractivity contribution in [3.8, 4) is 11.5 Å². The summed E-state index contributed by atoms with van der Waals surface area (Å²) in [5, 5.41) is 2.21. The molecule has 2 aromatic rings. The molecule has 0 saturated carbocycles. The zero-order valence-corrected chi connectivity index (χ0v) is 18.7. The number of rotatable bonds is 4. The van der Waals surface area contributed by atoms with E-state index in [1.165, 1.54) is 22.7 Å². The van der Waals surface area contributed by atoms with E-state index in [4.69, 9.17) is 9.47 Å². The van der Waals surface area contributed by atoms with E-state index in [1.54, 1.807) is 43.3 Å². The van der Waals surface area contributed by atoms with Crippen LogP contribution in [0.4, 0.5) is 9.18 Å². The highest BCUT2D eigenvalue weighted by molar-refractivity contribution is 7.99. The van der Waals surface area contributed by atoms with Crippen LogP contribution in [0.1, 0.15) is 23.4 Å². The van der Waals surface area contributed by atoms with Gasteiger partial charge in [0.25, 0.3) is 5.91 Å². The molecule has 2 fully saturated rings. The normalized spacial score (nSPS) is 24.2. The number of ether oxygens (including phenoxy) is 2. The van der Waals surface area contributed by atoms with Crippen LogP contribution in [0.5, 0.6) is 11.5 Å². The molecule has 2 unspecified atom stereocenters. The quantitative estimate of drug-likeness (QED) is 0.690. The van der Waals surface area contributed by atoms with Gasteiger partial charge in [0.05, 0.1) is 0 Å². The van der Waals surface area contributed by atoms with E-state index in [-0.39, 0.29) is 0 Å². The summed E-state index contributed by atoms with van der Waals surface area (Å²) in [6.07, 6.45) is 0. The third kappa shape index (κ3) is 3.68. The van der Waals surface area contributed by atoms with Crippen LogP contribution in [0.3, 0.4) is 0 Å². The van der Waals surface area contributed by atoms with Crippen molar-refractivity contribution in [2.24, 2.45) is 0 Å². The molecule has 0 spiro atoms. The van der Waals surface area contributed by atoms with Crippen LogP contribution >= 0.6 is 11.8 Å². The van der Waals surface area contributed by atoms with Crippen molar-refractivity contribution in [3.63, 3.8) is 0 Å². The second-order valence-electron chi connectivity index (χ2n) is 8.14. The van der Waals surface area contributed by atoms with Crippen molar-refractivity contribution in [1.82, 2.24) is 15.1 Å². The van der Waals surface area contributed by atoms with Crippen molar-refractivity contribution < 1.29 is 28.2 Å². The number of hydrogen-bond donors (Lipinski definition) is 1. The Morgan fingerprint density at radius 3 is 2.73 bits per heavy atom. The average molecular weight is 472 g/mol. The zero-order valence-electron chi connectivity index (χ0n) is 17.9. The van der Waals surface area contributed by atoms with Gasteiger partial charge in [0.2, 0.25) is 5.91 Å². The molecule has 3 heterocycles. The minimum Gasteiger partial charge on any atom is -0.486 e. The summed E-state index contributed by atoms with van der Waals surface area (Å²) >= 11 is 1.45. The summed E-state index contributed by atoms with van der Waals surface area (Å²) in [4.78, 5) is 41.6. The van der Waals surface area contributed by atoms with Gasteiger partial charge in [-0.25, -0.2) is 9.18 Å². The van der Waals surface area contributed by atoms with Crippen LogP contribution in [-0.4, -0.2) is 59.7 Å². The van der Waals surface area contributed by atoms with Gasteiger partial charge in [0.1, 0.15) is 36.5 Å². The highest BCUT2D eigenvalue weighted by Gasteiger charge is 2.50. The van der Waals surface area contributed by atoms with Crippen LogP contribution in [0, 0.1) is 5.82 Å². The fourth-order valence-electron chi connectivity index (χ4n) is 4.28. The van der Waals surface area contributed by atoms with E-state index in [0.29, 0.717) is 48.1 Å². The molecule has 2 aromatic carbocycles. The maximum absolute atomic E-state index is 14.3. The van der Waals surface area contributed by atoms with Crippen LogP contribution in [0.15, 0.2) is 42.5 Å². The lowest BCUT2D eigenvalue weighted by atomic mass is 9.91. The van der Waals surface area contributed by atoms with Crippen molar-refractivity contribution in [2.75, 3.05) is 32.1 Å². The lowest BCUT2D eigenvalue weighted by Crippen LogP contribution is -2.44. The Hall–Kier alpha value is -3.27. The number of carbonyl (C=O) groups is 3. The summed E-state index contributed by atoms with van der Waals surface area (Å²) in [6.45, 7) is 2.42. The van der Waals surface area contributed by atoms with E-state index in [9.17, 15) is 18.8 Å². The second kappa shape index (κ2) is 8.26. The molecule has 33 heavy (non-hydrogen) atoms. The fourth-order valence-corrected chi connectivity index (χ4v) is 5.57. The molecule has 3 aliphatic rings. The van der Waals surface area contributed by atoms with Gasteiger partial charge in [-0.2, -0.15) is 0 Å².